The molecule has 3 aromatic rings. The molecule has 8 heteroatoms. The summed E-state index contributed by atoms with van der Waals surface area (Å²) in [7, 11) is 0. The predicted molar refractivity (Wildman–Crippen MR) is 92.4 cm³/mol. The molecule has 1 fully saturated rings. The van der Waals surface area contributed by atoms with E-state index in [1.807, 2.05) is 13.8 Å². The highest BCUT2D eigenvalue weighted by Crippen LogP contribution is 2.40. The van der Waals surface area contributed by atoms with Crippen LogP contribution in [0.1, 0.15) is 30.3 Å². The maximum absolute atomic E-state index is 13.4. The van der Waals surface area contributed by atoms with Gasteiger partial charge in [0.2, 0.25) is 10.8 Å². The van der Waals surface area contributed by atoms with Gasteiger partial charge in [-0.15, -0.1) is 0 Å². The molecule has 3 unspecified atom stereocenters. The first-order chi connectivity index (χ1) is 12.0. The molecule has 2 aromatic heterocycles. The fourth-order valence-corrected chi connectivity index (χ4v) is 4.56. The summed E-state index contributed by atoms with van der Waals surface area (Å²) < 4.78 is 20.7. The predicted octanol–water partition coefficient (Wildman–Crippen LogP) is 2.83. The lowest BCUT2D eigenvalue weighted by Crippen LogP contribution is -2.47. The minimum atomic E-state index is -0.280. The van der Waals surface area contributed by atoms with Crippen molar-refractivity contribution in [2.24, 2.45) is 0 Å². The van der Waals surface area contributed by atoms with Crippen molar-refractivity contribution < 1.29 is 14.2 Å². The second-order valence-electron chi connectivity index (χ2n) is 6.41. The maximum atomic E-state index is 13.4. The van der Waals surface area contributed by atoms with Gasteiger partial charge in [0.05, 0.1) is 23.1 Å². The zero-order valence-electron chi connectivity index (χ0n) is 14.0. The van der Waals surface area contributed by atoms with Gasteiger partial charge in [0.1, 0.15) is 12.1 Å². The lowest BCUT2D eigenvalue weighted by molar-refractivity contribution is -0.0764. The van der Waals surface area contributed by atoms with Gasteiger partial charge in [-0.05, 0) is 31.5 Å². The molecule has 3 heterocycles. The van der Waals surface area contributed by atoms with Gasteiger partial charge < -0.3 is 9.84 Å². The summed E-state index contributed by atoms with van der Waals surface area (Å²) in [6.45, 7) is 5.51. The van der Waals surface area contributed by atoms with Gasteiger partial charge >= 0.3 is 0 Å². The molecule has 1 N–H and O–H groups in total. The highest BCUT2D eigenvalue weighted by molar-refractivity contribution is 7.17. The smallest absolute Gasteiger partial charge is 0.230 e. The van der Waals surface area contributed by atoms with E-state index in [9.17, 15) is 9.50 Å². The number of aromatic nitrogens is 3. The van der Waals surface area contributed by atoms with Crippen molar-refractivity contribution in [3.8, 4) is 5.88 Å². The quantitative estimate of drug-likeness (QED) is 0.776. The Morgan fingerprint density at radius 3 is 2.56 bits per heavy atom. The molecule has 0 amide bonds. The third kappa shape index (κ3) is 3.01. The van der Waals surface area contributed by atoms with E-state index in [-0.39, 0.29) is 29.9 Å². The zero-order valence-corrected chi connectivity index (χ0v) is 14.8. The second kappa shape index (κ2) is 6.36. The summed E-state index contributed by atoms with van der Waals surface area (Å²) in [5.74, 6) is -0.197. The molecule has 1 aliphatic heterocycles. The first-order valence-electron chi connectivity index (χ1n) is 8.19. The van der Waals surface area contributed by atoms with E-state index in [4.69, 9.17) is 4.74 Å². The van der Waals surface area contributed by atoms with E-state index in [1.165, 1.54) is 34.3 Å². The van der Waals surface area contributed by atoms with Crippen LogP contribution < -0.4 is 0 Å². The van der Waals surface area contributed by atoms with Gasteiger partial charge in [-0.2, -0.15) is 9.61 Å². The molecular weight excluding hydrogens is 343 g/mol. The number of hydrogen-bond acceptors (Lipinski definition) is 6. The summed E-state index contributed by atoms with van der Waals surface area (Å²) in [6, 6.07) is 6.22. The van der Waals surface area contributed by atoms with Crippen LogP contribution in [0.4, 0.5) is 4.39 Å². The normalized spacial score (nSPS) is 23.2. The Balaban J connectivity index is 1.81. The largest absolute Gasteiger partial charge is 0.492 e. The van der Waals surface area contributed by atoms with Crippen LogP contribution >= 0.6 is 11.3 Å². The first-order valence-corrected chi connectivity index (χ1v) is 9.01. The SMILES string of the molecule is CC1CN(C(c2ccc(F)cc2)c2sc3ncnn3c2O)CC(C)O1. The second-order valence-corrected chi connectivity index (χ2v) is 7.42. The molecule has 6 nitrogen and oxygen atoms in total. The van der Waals surface area contributed by atoms with Gasteiger partial charge in [0.25, 0.3) is 0 Å². The topological polar surface area (TPSA) is 62.9 Å². The van der Waals surface area contributed by atoms with E-state index >= 15 is 0 Å². The van der Waals surface area contributed by atoms with Gasteiger partial charge in [-0.25, -0.2) is 9.37 Å². The molecule has 0 bridgehead atoms. The molecular formula is C17H19FN4O2S. The van der Waals surface area contributed by atoms with E-state index in [0.29, 0.717) is 4.96 Å². The van der Waals surface area contributed by atoms with Crippen LogP contribution in [-0.2, 0) is 4.74 Å². The van der Waals surface area contributed by atoms with E-state index in [1.54, 1.807) is 12.1 Å². The number of morpholine rings is 1. The molecule has 1 saturated heterocycles. The minimum Gasteiger partial charge on any atom is -0.492 e. The van der Waals surface area contributed by atoms with Gasteiger partial charge in [-0.3, -0.25) is 4.90 Å². The summed E-state index contributed by atoms with van der Waals surface area (Å²) >= 11 is 1.40. The summed E-state index contributed by atoms with van der Waals surface area (Å²) in [6.07, 6.45) is 1.58. The fourth-order valence-electron chi connectivity index (χ4n) is 3.47. The van der Waals surface area contributed by atoms with E-state index in [2.05, 4.69) is 15.0 Å². The average molecular weight is 362 g/mol. The van der Waals surface area contributed by atoms with Crippen LogP contribution in [0.3, 0.4) is 0 Å². The average Bonchev–Trinajstić information content (AvgIpc) is 3.13. The van der Waals surface area contributed by atoms with Crippen molar-refractivity contribution in [3.05, 3.63) is 46.9 Å². The fraction of sp³-hybridized carbons (Fsp3) is 0.412. The maximum Gasteiger partial charge on any atom is 0.230 e. The summed E-state index contributed by atoms with van der Waals surface area (Å²) in [5.41, 5.74) is 0.919. The molecule has 4 rings (SSSR count). The molecule has 0 spiro atoms. The number of ether oxygens (including phenoxy) is 1. The standard InChI is InChI=1S/C17H19FN4O2S/c1-10-7-21(8-11(2)24-10)14(12-3-5-13(18)6-4-12)15-16(23)22-17(25-15)19-9-20-22/h3-6,9-11,14,23H,7-8H2,1-2H3. The third-order valence-corrected chi connectivity index (χ3v) is 5.47. The molecule has 25 heavy (non-hydrogen) atoms. The molecule has 3 atom stereocenters. The lowest BCUT2D eigenvalue weighted by atomic mass is 10.0. The highest BCUT2D eigenvalue weighted by atomic mass is 32.1. The van der Waals surface area contributed by atoms with Crippen LogP contribution in [-0.4, -0.2) is 49.9 Å². The number of thiazole rings is 1. The van der Waals surface area contributed by atoms with Crippen LogP contribution in [0, 0.1) is 5.82 Å². The number of nitrogens with zero attached hydrogens (tertiary/aromatic N) is 4. The van der Waals surface area contributed by atoms with Crippen LogP contribution in [0.15, 0.2) is 30.6 Å². The Morgan fingerprint density at radius 2 is 1.92 bits per heavy atom. The van der Waals surface area contributed by atoms with Crippen molar-refractivity contribution >= 4 is 16.3 Å². The molecule has 1 aromatic carbocycles. The molecule has 0 aliphatic carbocycles. The minimum absolute atomic E-state index is 0.0796. The number of aromatic hydroxyl groups is 1. The van der Waals surface area contributed by atoms with Crippen molar-refractivity contribution in [1.29, 1.82) is 0 Å². The van der Waals surface area contributed by atoms with E-state index < -0.39 is 0 Å². The zero-order chi connectivity index (χ0) is 17.6. The molecule has 1 aliphatic rings. The number of halogens is 1. The number of rotatable bonds is 3. The molecule has 0 radical (unpaired) electrons. The molecule has 132 valence electrons. The van der Waals surface area contributed by atoms with Gasteiger partial charge in [-0.1, -0.05) is 23.5 Å². The van der Waals surface area contributed by atoms with Crippen molar-refractivity contribution in [2.45, 2.75) is 32.1 Å². The van der Waals surface area contributed by atoms with Gasteiger partial charge in [0.15, 0.2) is 0 Å². The van der Waals surface area contributed by atoms with E-state index in [0.717, 1.165) is 23.5 Å². The number of benzene rings is 1. The summed E-state index contributed by atoms with van der Waals surface area (Å²) in [4.78, 5) is 7.82. The van der Waals surface area contributed by atoms with Crippen LogP contribution in [0.2, 0.25) is 0 Å². The van der Waals surface area contributed by atoms with Gasteiger partial charge in [0, 0.05) is 13.1 Å². The Hall–Kier alpha value is -2.03. The molecule has 0 saturated carbocycles. The first kappa shape index (κ1) is 16.4. The van der Waals surface area contributed by atoms with Crippen molar-refractivity contribution in [1.82, 2.24) is 19.5 Å². The number of fused-ring (bicyclic) bond motifs is 1. The highest BCUT2D eigenvalue weighted by Gasteiger charge is 2.33. The Morgan fingerprint density at radius 1 is 1.24 bits per heavy atom. The van der Waals surface area contributed by atoms with Crippen LogP contribution in [0.25, 0.3) is 4.96 Å². The monoisotopic (exact) mass is 362 g/mol. The third-order valence-electron chi connectivity index (χ3n) is 4.39. The Bertz CT molecular complexity index is 869. The summed E-state index contributed by atoms with van der Waals surface area (Å²) in [5, 5.41) is 14.7. The Labute approximate surface area is 148 Å². The number of hydrogen-bond donors (Lipinski definition) is 1. The Kier molecular flexibility index (Phi) is 4.18. The van der Waals surface area contributed by atoms with Crippen molar-refractivity contribution in [3.63, 3.8) is 0 Å². The van der Waals surface area contributed by atoms with Crippen LogP contribution in [0.5, 0.6) is 5.88 Å². The lowest BCUT2D eigenvalue weighted by Gasteiger charge is -2.40. The van der Waals surface area contributed by atoms with Crippen molar-refractivity contribution in [2.75, 3.05) is 13.1 Å².